The summed E-state index contributed by atoms with van der Waals surface area (Å²) < 4.78 is 1.64. The third kappa shape index (κ3) is 3.93. The smallest absolute Gasteiger partial charge is 0.272 e. The van der Waals surface area contributed by atoms with Crippen molar-refractivity contribution in [1.82, 2.24) is 20.0 Å². The van der Waals surface area contributed by atoms with Crippen molar-refractivity contribution in [3.8, 4) is 0 Å². The van der Waals surface area contributed by atoms with Crippen LogP contribution < -0.4 is 5.32 Å². The number of benzene rings is 1. The monoisotopic (exact) mass is 380 g/mol. The SMILES string of the molecule is O=C(NCCc1cccs1)c1cc2n(n1)CCN(Cc1ccccc1)C2=O. The van der Waals surface area contributed by atoms with Crippen molar-refractivity contribution < 1.29 is 9.59 Å². The van der Waals surface area contributed by atoms with E-state index in [0.717, 1.165) is 12.0 Å². The second kappa shape index (κ2) is 7.75. The molecule has 2 aromatic heterocycles. The summed E-state index contributed by atoms with van der Waals surface area (Å²) in [5, 5.41) is 9.22. The van der Waals surface area contributed by atoms with Crippen LogP contribution in [0.1, 0.15) is 31.4 Å². The number of carbonyl (C=O) groups is 2. The second-order valence-corrected chi connectivity index (χ2v) is 7.47. The highest BCUT2D eigenvalue weighted by atomic mass is 32.1. The molecule has 0 aliphatic carbocycles. The van der Waals surface area contributed by atoms with Gasteiger partial charge in [-0.25, -0.2) is 0 Å². The maximum atomic E-state index is 12.8. The van der Waals surface area contributed by atoms with Crippen molar-refractivity contribution >= 4 is 23.2 Å². The van der Waals surface area contributed by atoms with Gasteiger partial charge >= 0.3 is 0 Å². The fourth-order valence-electron chi connectivity index (χ4n) is 3.15. The Morgan fingerprint density at radius 1 is 1.15 bits per heavy atom. The third-order valence-electron chi connectivity index (χ3n) is 4.55. The number of fused-ring (bicyclic) bond motifs is 1. The number of hydrogen-bond donors (Lipinski definition) is 1. The topological polar surface area (TPSA) is 67.2 Å². The Balaban J connectivity index is 1.40. The van der Waals surface area contributed by atoms with E-state index < -0.39 is 0 Å². The quantitative estimate of drug-likeness (QED) is 0.715. The Bertz CT molecular complexity index is 934. The highest BCUT2D eigenvalue weighted by Crippen LogP contribution is 2.16. The summed E-state index contributed by atoms with van der Waals surface area (Å²) in [6.45, 7) is 2.29. The third-order valence-corrected chi connectivity index (χ3v) is 5.49. The molecule has 4 rings (SSSR count). The van der Waals surface area contributed by atoms with Crippen molar-refractivity contribution in [2.24, 2.45) is 0 Å². The average molecular weight is 380 g/mol. The summed E-state index contributed by atoms with van der Waals surface area (Å²) >= 11 is 1.67. The van der Waals surface area contributed by atoms with E-state index >= 15 is 0 Å². The van der Waals surface area contributed by atoms with Crippen LogP contribution in [0.4, 0.5) is 0 Å². The summed E-state index contributed by atoms with van der Waals surface area (Å²) in [4.78, 5) is 28.1. The van der Waals surface area contributed by atoms with E-state index in [0.29, 0.717) is 37.6 Å². The van der Waals surface area contributed by atoms with Gasteiger partial charge in [0.15, 0.2) is 5.69 Å². The molecule has 0 bridgehead atoms. The number of amides is 2. The van der Waals surface area contributed by atoms with Crippen LogP contribution >= 0.6 is 11.3 Å². The normalized spacial score (nSPS) is 13.5. The summed E-state index contributed by atoms with van der Waals surface area (Å²) in [6, 6.07) is 15.5. The van der Waals surface area contributed by atoms with Crippen LogP contribution in [0.5, 0.6) is 0 Å². The van der Waals surface area contributed by atoms with E-state index in [1.165, 1.54) is 4.88 Å². The van der Waals surface area contributed by atoms with Gasteiger partial charge in [-0.2, -0.15) is 5.10 Å². The van der Waals surface area contributed by atoms with E-state index in [-0.39, 0.29) is 11.8 Å². The van der Waals surface area contributed by atoms with Crippen molar-refractivity contribution in [3.63, 3.8) is 0 Å². The zero-order chi connectivity index (χ0) is 18.6. The van der Waals surface area contributed by atoms with Gasteiger partial charge in [0.2, 0.25) is 0 Å². The Morgan fingerprint density at radius 2 is 2.00 bits per heavy atom. The van der Waals surface area contributed by atoms with Crippen LogP contribution in [0, 0.1) is 0 Å². The molecule has 138 valence electrons. The number of thiophene rings is 1. The number of aromatic nitrogens is 2. The zero-order valence-corrected chi connectivity index (χ0v) is 15.6. The predicted molar refractivity (Wildman–Crippen MR) is 104 cm³/mol. The van der Waals surface area contributed by atoms with Gasteiger partial charge in [-0.05, 0) is 23.4 Å². The van der Waals surface area contributed by atoms with Gasteiger partial charge in [0, 0.05) is 30.6 Å². The first-order valence-corrected chi connectivity index (χ1v) is 9.80. The first-order valence-electron chi connectivity index (χ1n) is 8.92. The fraction of sp³-hybridized carbons (Fsp3) is 0.250. The van der Waals surface area contributed by atoms with Crippen LogP contribution in [-0.2, 0) is 19.5 Å². The molecular formula is C20H20N4O2S. The van der Waals surface area contributed by atoms with Gasteiger partial charge < -0.3 is 10.2 Å². The number of hydrogen-bond acceptors (Lipinski definition) is 4. The van der Waals surface area contributed by atoms with Crippen molar-refractivity contribution in [2.45, 2.75) is 19.5 Å². The molecule has 1 aliphatic heterocycles. The summed E-state index contributed by atoms with van der Waals surface area (Å²) in [5.74, 6) is -0.328. The molecule has 1 aliphatic rings. The molecule has 7 heteroatoms. The molecular weight excluding hydrogens is 360 g/mol. The van der Waals surface area contributed by atoms with Crippen molar-refractivity contribution in [3.05, 3.63) is 75.7 Å². The molecule has 0 atom stereocenters. The van der Waals surface area contributed by atoms with E-state index in [1.807, 2.05) is 47.8 Å². The first kappa shape index (κ1) is 17.5. The lowest BCUT2D eigenvalue weighted by Crippen LogP contribution is -2.39. The Kier molecular flexibility index (Phi) is 5.02. The minimum atomic E-state index is -0.240. The molecule has 0 radical (unpaired) electrons. The fourth-order valence-corrected chi connectivity index (χ4v) is 3.86. The van der Waals surface area contributed by atoms with Gasteiger partial charge in [-0.1, -0.05) is 36.4 Å². The molecule has 27 heavy (non-hydrogen) atoms. The van der Waals surface area contributed by atoms with Crippen LogP contribution in [0.15, 0.2) is 53.9 Å². The molecule has 0 spiro atoms. The highest BCUT2D eigenvalue weighted by molar-refractivity contribution is 7.09. The lowest BCUT2D eigenvalue weighted by molar-refractivity contribution is 0.0683. The molecule has 0 unspecified atom stereocenters. The van der Waals surface area contributed by atoms with E-state index in [1.54, 1.807) is 27.0 Å². The summed E-state index contributed by atoms with van der Waals surface area (Å²) in [7, 11) is 0. The molecule has 1 N–H and O–H groups in total. The van der Waals surface area contributed by atoms with Gasteiger partial charge in [0.05, 0.1) is 6.54 Å². The first-order chi connectivity index (χ1) is 13.2. The van der Waals surface area contributed by atoms with E-state index in [9.17, 15) is 9.59 Å². The van der Waals surface area contributed by atoms with Gasteiger partial charge in [-0.15, -0.1) is 11.3 Å². The molecule has 1 aromatic carbocycles. The van der Waals surface area contributed by atoms with E-state index in [4.69, 9.17) is 0 Å². The summed E-state index contributed by atoms with van der Waals surface area (Å²) in [6.07, 6.45) is 0.792. The number of nitrogens with one attached hydrogen (secondary N) is 1. The van der Waals surface area contributed by atoms with Gasteiger partial charge in [-0.3, -0.25) is 14.3 Å². The lowest BCUT2D eigenvalue weighted by atomic mass is 10.2. The van der Waals surface area contributed by atoms with Crippen LogP contribution in [0.3, 0.4) is 0 Å². The Labute approximate surface area is 161 Å². The average Bonchev–Trinajstić information content (AvgIpc) is 3.35. The maximum Gasteiger partial charge on any atom is 0.272 e. The number of nitrogens with zero attached hydrogens (tertiary/aromatic N) is 3. The maximum absolute atomic E-state index is 12.8. The largest absolute Gasteiger partial charge is 0.350 e. The molecule has 3 aromatic rings. The van der Waals surface area contributed by atoms with Crippen LogP contribution in [-0.4, -0.2) is 39.6 Å². The van der Waals surface area contributed by atoms with Crippen LogP contribution in [0.2, 0.25) is 0 Å². The Hall–Kier alpha value is -2.93. The highest BCUT2D eigenvalue weighted by Gasteiger charge is 2.27. The number of rotatable bonds is 6. The van der Waals surface area contributed by atoms with E-state index in [2.05, 4.69) is 10.4 Å². The van der Waals surface area contributed by atoms with Gasteiger partial charge in [0.25, 0.3) is 11.8 Å². The number of carbonyl (C=O) groups excluding carboxylic acids is 2. The Morgan fingerprint density at radius 3 is 2.78 bits per heavy atom. The zero-order valence-electron chi connectivity index (χ0n) is 14.8. The standard InChI is InChI=1S/C20H20N4O2S/c25-19(21-9-8-16-7-4-12-27-16)17-13-18-20(26)23(10-11-24(18)22-17)14-15-5-2-1-3-6-15/h1-7,12-13H,8-11,14H2,(H,21,25). The van der Waals surface area contributed by atoms with Crippen molar-refractivity contribution in [2.75, 3.05) is 13.1 Å². The van der Waals surface area contributed by atoms with Crippen molar-refractivity contribution in [1.29, 1.82) is 0 Å². The summed E-state index contributed by atoms with van der Waals surface area (Å²) in [5.41, 5.74) is 1.86. The molecule has 0 saturated carbocycles. The second-order valence-electron chi connectivity index (χ2n) is 6.44. The lowest BCUT2D eigenvalue weighted by Gasteiger charge is -2.27. The molecule has 0 fully saturated rings. The molecule has 2 amide bonds. The molecule has 3 heterocycles. The minimum absolute atomic E-state index is 0.0877. The minimum Gasteiger partial charge on any atom is -0.350 e. The van der Waals surface area contributed by atoms with Gasteiger partial charge in [0.1, 0.15) is 5.69 Å². The molecule has 0 saturated heterocycles. The van der Waals surface area contributed by atoms with Crippen LogP contribution in [0.25, 0.3) is 0 Å². The predicted octanol–water partition coefficient (Wildman–Crippen LogP) is 2.57. The molecule has 6 nitrogen and oxygen atoms in total.